The van der Waals surface area contributed by atoms with Gasteiger partial charge < -0.3 is 5.11 Å². The molecule has 1 atom stereocenters. The molecule has 1 aliphatic heterocycles. The highest BCUT2D eigenvalue weighted by atomic mass is 32.2. The SMILES string of the molecule is CCCC[C@@H](C(=O)O)N1C(=O)/C(=C/c2cccc3ccccc23)SC1=S. The molecule has 2 aromatic carbocycles. The zero-order chi connectivity index (χ0) is 18.7. The van der Waals surface area contributed by atoms with E-state index in [1.54, 1.807) is 6.08 Å². The molecule has 4 nitrogen and oxygen atoms in total. The molecular weight excluding hydrogens is 366 g/mol. The molecular formula is C20H19NO3S2. The highest BCUT2D eigenvalue weighted by Crippen LogP contribution is 2.36. The molecule has 0 spiro atoms. The third kappa shape index (κ3) is 3.66. The van der Waals surface area contributed by atoms with Gasteiger partial charge in [0.15, 0.2) is 0 Å². The molecule has 1 saturated heterocycles. The van der Waals surface area contributed by atoms with Crippen molar-refractivity contribution in [2.24, 2.45) is 0 Å². The summed E-state index contributed by atoms with van der Waals surface area (Å²) in [6, 6.07) is 12.9. The van der Waals surface area contributed by atoms with Crippen LogP contribution in [-0.4, -0.2) is 32.2 Å². The van der Waals surface area contributed by atoms with Crippen LogP contribution >= 0.6 is 24.0 Å². The number of fused-ring (bicyclic) bond motifs is 1. The molecule has 2 aromatic rings. The van der Waals surface area contributed by atoms with Crippen molar-refractivity contribution in [1.29, 1.82) is 0 Å². The third-order valence-electron chi connectivity index (χ3n) is 4.36. The fourth-order valence-electron chi connectivity index (χ4n) is 3.03. The lowest BCUT2D eigenvalue weighted by Crippen LogP contribution is -2.43. The van der Waals surface area contributed by atoms with E-state index in [4.69, 9.17) is 12.2 Å². The Bertz CT molecular complexity index is 902. The monoisotopic (exact) mass is 385 g/mol. The van der Waals surface area contributed by atoms with E-state index < -0.39 is 12.0 Å². The van der Waals surface area contributed by atoms with Gasteiger partial charge in [-0.05, 0) is 28.8 Å². The molecule has 1 N–H and O–H groups in total. The van der Waals surface area contributed by atoms with Gasteiger partial charge in [-0.1, -0.05) is 86.2 Å². The number of amides is 1. The Morgan fingerprint density at radius 1 is 1.27 bits per heavy atom. The van der Waals surface area contributed by atoms with E-state index in [1.165, 1.54) is 16.7 Å². The molecule has 134 valence electrons. The van der Waals surface area contributed by atoms with E-state index >= 15 is 0 Å². The molecule has 1 heterocycles. The number of nitrogens with zero attached hydrogens (tertiary/aromatic N) is 1. The highest BCUT2D eigenvalue weighted by Gasteiger charge is 2.40. The summed E-state index contributed by atoms with van der Waals surface area (Å²) >= 11 is 6.49. The summed E-state index contributed by atoms with van der Waals surface area (Å²) in [6.07, 6.45) is 3.81. The molecule has 3 rings (SSSR count). The second kappa shape index (κ2) is 8.01. The smallest absolute Gasteiger partial charge is 0.326 e. The Labute approximate surface area is 161 Å². The maximum atomic E-state index is 12.9. The second-order valence-electron chi connectivity index (χ2n) is 6.12. The number of benzene rings is 2. The van der Waals surface area contributed by atoms with E-state index in [0.717, 1.165) is 29.2 Å². The zero-order valence-corrected chi connectivity index (χ0v) is 16.0. The molecule has 0 saturated carbocycles. The first kappa shape index (κ1) is 18.6. The molecule has 1 fully saturated rings. The first-order chi connectivity index (χ1) is 12.5. The van der Waals surface area contributed by atoms with Crippen LogP contribution < -0.4 is 0 Å². The lowest BCUT2D eigenvalue weighted by molar-refractivity contribution is -0.145. The summed E-state index contributed by atoms with van der Waals surface area (Å²) in [5, 5.41) is 11.7. The fraction of sp³-hybridized carbons (Fsp3) is 0.250. The standard InChI is InChI=1S/C20H19NO3S2/c1-2-3-11-16(19(23)24)21-18(22)17(26-20(21)25)12-14-9-6-8-13-7-4-5-10-15(13)14/h4-10,12,16H,2-3,11H2,1H3,(H,23,24)/b17-12-/t16-/m0/s1. The summed E-state index contributed by atoms with van der Waals surface area (Å²) in [4.78, 5) is 26.2. The predicted octanol–water partition coefficient (Wildman–Crippen LogP) is 4.68. The van der Waals surface area contributed by atoms with Crippen molar-refractivity contribution in [2.45, 2.75) is 32.2 Å². The van der Waals surface area contributed by atoms with Gasteiger partial charge in [0, 0.05) is 0 Å². The van der Waals surface area contributed by atoms with E-state index in [1.807, 2.05) is 49.4 Å². The number of rotatable bonds is 6. The number of hydrogen-bond acceptors (Lipinski definition) is 4. The number of hydrogen-bond donors (Lipinski definition) is 1. The van der Waals surface area contributed by atoms with Crippen LogP contribution in [0, 0.1) is 0 Å². The van der Waals surface area contributed by atoms with Gasteiger partial charge >= 0.3 is 5.97 Å². The van der Waals surface area contributed by atoms with Crippen LogP contribution in [0.15, 0.2) is 47.4 Å². The van der Waals surface area contributed by atoms with Crippen LogP contribution in [0.3, 0.4) is 0 Å². The van der Waals surface area contributed by atoms with Crippen molar-refractivity contribution in [3.63, 3.8) is 0 Å². The Kier molecular flexibility index (Phi) is 5.74. The number of carbonyl (C=O) groups excluding carboxylic acids is 1. The summed E-state index contributed by atoms with van der Waals surface area (Å²) in [5.74, 6) is -1.34. The van der Waals surface area contributed by atoms with Crippen LogP contribution in [0.5, 0.6) is 0 Å². The molecule has 1 amide bonds. The Balaban J connectivity index is 1.95. The molecule has 0 unspecified atom stereocenters. The summed E-state index contributed by atoms with van der Waals surface area (Å²) in [7, 11) is 0. The Hall–Kier alpha value is -2.18. The Morgan fingerprint density at radius 2 is 2.00 bits per heavy atom. The molecule has 6 heteroatoms. The minimum atomic E-state index is -1.01. The molecule has 1 aliphatic rings. The molecule has 26 heavy (non-hydrogen) atoms. The van der Waals surface area contributed by atoms with Crippen molar-refractivity contribution in [2.75, 3.05) is 0 Å². The van der Waals surface area contributed by atoms with Gasteiger partial charge in [0.25, 0.3) is 5.91 Å². The molecule has 0 radical (unpaired) electrons. The van der Waals surface area contributed by atoms with Gasteiger partial charge in [0.05, 0.1) is 4.91 Å². The third-order valence-corrected chi connectivity index (χ3v) is 5.69. The van der Waals surface area contributed by atoms with Crippen LogP contribution in [0.2, 0.25) is 0 Å². The van der Waals surface area contributed by atoms with Gasteiger partial charge in [0.1, 0.15) is 10.4 Å². The van der Waals surface area contributed by atoms with E-state index in [9.17, 15) is 14.7 Å². The largest absolute Gasteiger partial charge is 0.480 e. The van der Waals surface area contributed by atoms with Crippen molar-refractivity contribution in [3.8, 4) is 0 Å². The normalized spacial score (nSPS) is 17.3. The van der Waals surface area contributed by atoms with Crippen molar-refractivity contribution in [1.82, 2.24) is 4.90 Å². The molecule has 0 aromatic heterocycles. The fourth-order valence-corrected chi connectivity index (χ4v) is 4.37. The lowest BCUT2D eigenvalue weighted by Gasteiger charge is -2.22. The maximum Gasteiger partial charge on any atom is 0.326 e. The number of carboxylic acid groups (broad SMARTS) is 1. The number of aliphatic carboxylic acids is 1. The molecule has 0 bridgehead atoms. The highest BCUT2D eigenvalue weighted by molar-refractivity contribution is 8.26. The number of carbonyl (C=O) groups is 2. The van der Waals surface area contributed by atoms with Crippen molar-refractivity contribution >= 4 is 57.0 Å². The van der Waals surface area contributed by atoms with Gasteiger partial charge in [0.2, 0.25) is 0 Å². The van der Waals surface area contributed by atoms with Gasteiger partial charge in [-0.2, -0.15) is 0 Å². The minimum Gasteiger partial charge on any atom is -0.480 e. The van der Waals surface area contributed by atoms with Gasteiger partial charge in [-0.25, -0.2) is 4.79 Å². The average molecular weight is 386 g/mol. The number of carboxylic acids is 1. The predicted molar refractivity (Wildman–Crippen MR) is 110 cm³/mol. The first-order valence-corrected chi connectivity index (χ1v) is 9.73. The van der Waals surface area contributed by atoms with Crippen molar-refractivity contribution in [3.05, 3.63) is 52.9 Å². The van der Waals surface area contributed by atoms with Crippen LogP contribution in [0.1, 0.15) is 31.7 Å². The lowest BCUT2D eigenvalue weighted by atomic mass is 10.0. The van der Waals surface area contributed by atoms with Crippen LogP contribution in [0.4, 0.5) is 0 Å². The summed E-state index contributed by atoms with van der Waals surface area (Å²) in [5.41, 5.74) is 0.920. The van der Waals surface area contributed by atoms with E-state index in [2.05, 4.69) is 0 Å². The topological polar surface area (TPSA) is 57.6 Å². The number of thiocarbonyl (C=S) groups is 1. The number of unbranched alkanes of at least 4 members (excludes halogenated alkanes) is 1. The van der Waals surface area contributed by atoms with E-state index in [-0.39, 0.29) is 5.91 Å². The Morgan fingerprint density at radius 3 is 2.73 bits per heavy atom. The maximum absolute atomic E-state index is 12.9. The second-order valence-corrected chi connectivity index (χ2v) is 7.79. The van der Waals surface area contributed by atoms with Crippen molar-refractivity contribution < 1.29 is 14.7 Å². The zero-order valence-electron chi connectivity index (χ0n) is 14.3. The summed E-state index contributed by atoms with van der Waals surface area (Å²) in [6.45, 7) is 1.99. The van der Waals surface area contributed by atoms with Gasteiger partial charge in [-0.15, -0.1) is 0 Å². The summed E-state index contributed by atoms with van der Waals surface area (Å²) < 4.78 is 0.310. The van der Waals surface area contributed by atoms with Gasteiger partial charge in [-0.3, -0.25) is 9.69 Å². The quantitative estimate of drug-likeness (QED) is 0.578. The van der Waals surface area contributed by atoms with Crippen LogP contribution in [-0.2, 0) is 9.59 Å². The first-order valence-electron chi connectivity index (χ1n) is 8.50. The van der Waals surface area contributed by atoms with E-state index in [0.29, 0.717) is 15.6 Å². The van der Waals surface area contributed by atoms with Crippen LogP contribution in [0.25, 0.3) is 16.8 Å². The average Bonchev–Trinajstić information content (AvgIpc) is 2.90. The minimum absolute atomic E-state index is 0.310. The molecule has 0 aliphatic carbocycles. The number of thioether (sulfide) groups is 1.